The number of alkyl carbamates (subject to hydrolysis) is 1. The Morgan fingerprint density at radius 2 is 2.14 bits per heavy atom. The van der Waals surface area contributed by atoms with Crippen molar-refractivity contribution < 1.29 is 9.53 Å². The summed E-state index contributed by atoms with van der Waals surface area (Å²) in [5, 5.41) is 12.1. The molecule has 0 aliphatic heterocycles. The van der Waals surface area contributed by atoms with Crippen LogP contribution in [0.1, 0.15) is 38.3 Å². The second-order valence-corrected chi connectivity index (χ2v) is 5.94. The molecule has 0 aliphatic rings. The molecule has 0 aromatic heterocycles. The van der Waals surface area contributed by atoms with Gasteiger partial charge in [-0.25, -0.2) is 4.79 Å². The third-order valence-electron chi connectivity index (χ3n) is 2.34. The molecule has 1 N–H and O–H groups in total. The van der Waals surface area contributed by atoms with Crippen LogP contribution in [0.4, 0.5) is 4.79 Å². The number of hydrogen-bond acceptors (Lipinski definition) is 3. The molecule has 0 atom stereocenters. The number of nitrogens with one attached hydrogen (secondary N) is 1. The minimum absolute atomic E-state index is 0.426. The van der Waals surface area contributed by atoms with Crippen molar-refractivity contribution in [1.29, 1.82) is 5.26 Å². The summed E-state index contributed by atoms with van der Waals surface area (Å²) >= 11 is 5.91. The summed E-state index contributed by atoms with van der Waals surface area (Å²) in [6.07, 6.45) is 4.01. The normalized spacial score (nSPS) is 11.2. The van der Waals surface area contributed by atoms with Crippen LogP contribution < -0.4 is 5.32 Å². The summed E-state index contributed by atoms with van der Waals surface area (Å²) in [7, 11) is 0. The number of carbonyl (C=O) groups is 1. The Bertz CT molecular complexity index is 569. The molecule has 0 heterocycles. The highest BCUT2D eigenvalue weighted by Crippen LogP contribution is 2.15. The highest BCUT2D eigenvalue weighted by molar-refractivity contribution is 6.30. The maximum atomic E-state index is 11.4. The second-order valence-electron chi connectivity index (χ2n) is 5.50. The number of ether oxygens (including phenoxy) is 1. The van der Waals surface area contributed by atoms with Gasteiger partial charge >= 0.3 is 6.09 Å². The SMILES string of the molecule is CC(C)(C)OC(=O)NCCC=Cc1cc(Cl)cc(C#N)c1. The van der Waals surface area contributed by atoms with Gasteiger partial charge in [0.15, 0.2) is 0 Å². The van der Waals surface area contributed by atoms with Crippen LogP contribution in [0.25, 0.3) is 6.08 Å². The lowest BCUT2D eigenvalue weighted by Gasteiger charge is -2.19. The predicted octanol–water partition coefficient (Wildman–Crippen LogP) is 4.14. The van der Waals surface area contributed by atoms with Gasteiger partial charge in [0.1, 0.15) is 5.60 Å². The van der Waals surface area contributed by atoms with Gasteiger partial charge in [0.05, 0.1) is 11.6 Å². The molecule has 5 heteroatoms. The number of carbonyl (C=O) groups excluding carboxylic acids is 1. The van der Waals surface area contributed by atoms with Crippen molar-refractivity contribution in [3.05, 3.63) is 40.4 Å². The van der Waals surface area contributed by atoms with Crippen LogP contribution in [0, 0.1) is 11.3 Å². The number of rotatable bonds is 4. The van der Waals surface area contributed by atoms with E-state index in [0.717, 1.165) is 5.56 Å². The molecular weight excluding hydrogens is 288 g/mol. The molecule has 4 nitrogen and oxygen atoms in total. The van der Waals surface area contributed by atoms with E-state index in [1.165, 1.54) is 0 Å². The van der Waals surface area contributed by atoms with Crippen LogP contribution in [0.3, 0.4) is 0 Å². The number of nitrogens with zero attached hydrogens (tertiary/aromatic N) is 1. The zero-order valence-corrected chi connectivity index (χ0v) is 13.2. The molecule has 0 saturated carbocycles. The number of nitriles is 1. The van der Waals surface area contributed by atoms with E-state index in [2.05, 4.69) is 11.4 Å². The van der Waals surface area contributed by atoms with E-state index in [-0.39, 0.29) is 0 Å². The first kappa shape index (κ1) is 17.1. The standard InChI is InChI=1S/C16H19ClN2O2/c1-16(2,3)21-15(20)19-7-5-4-6-12-8-13(11-18)10-14(17)9-12/h4,6,8-10H,5,7H2,1-3H3,(H,19,20). The van der Waals surface area contributed by atoms with Crippen LogP contribution in [-0.4, -0.2) is 18.2 Å². The summed E-state index contributed by atoms with van der Waals surface area (Å²) in [6.45, 7) is 5.94. The van der Waals surface area contributed by atoms with E-state index >= 15 is 0 Å². The Hall–Kier alpha value is -1.99. The van der Waals surface area contributed by atoms with Gasteiger partial charge in [-0.2, -0.15) is 5.26 Å². The van der Waals surface area contributed by atoms with Gasteiger partial charge in [-0.1, -0.05) is 23.8 Å². The van der Waals surface area contributed by atoms with Crippen molar-refractivity contribution in [2.75, 3.05) is 6.54 Å². The van der Waals surface area contributed by atoms with E-state index in [0.29, 0.717) is 23.6 Å². The van der Waals surface area contributed by atoms with E-state index in [9.17, 15) is 4.79 Å². The van der Waals surface area contributed by atoms with Gasteiger partial charge in [0.2, 0.25) is 0 Å². The molecule has 0 saturated heterocycles. The molecule has 112 valence electrons. The fourth-order valence-electron chi connectivity index (χ4n) is 1.56. The van der Waals surface area contributed by atoms with Gasteiger partial charge in [-0.3, -0.25) is 0 Å². The Morgan fingerprint density at radius 3 is 2.76 bits per heavy atom. The molecule has 1 aromatic rings. The lowest BCUT2D eigenvalue weighted by atomic mass is 10.1. The largest absolute Gasteiger partial charge is 0.444 e. The molecule has 1 amide bonds. The first-order valence-corrected chi connectivity index (χ1v) is 7.02. The number of hydrogen-bond donors (Lipinski definition) is 1. The highest BCUT2D eigenvalue weighted by atomic mass is 35.5. The number of benzene rings is 1. The molecule has 0 spiro atoms. The van der Waals surface area contributed by atoms with Crippen LogP contribution in [-0.2, 0) is 4.74 Å². The van der Waals surface area contributed by atoms with Gasteiger partial charge in [-0.15, -0.1) is 0 Å². The van der Waals surface area contributed by atoms with E-state index in [4.69, 9.17) is 21.6 Å². The lowest BCUT2D eigenvalue weighted by molar-refractivity contribution is 0.0529. The summed E-state index contributed by atoms with van der Waals surface area (Å²) < 4.78 is 5.12. The van der Waals surface area contributed by atoms with Gasteiger partial charge in [0.25, 0.3) is 0 Å². The molecule has 0 fully saturated rings. The third-order valence-corrected chi connectivity index (χ3v) is 2.56. The zero-order chi connectivity index (χ0) is 15.9. The predicted molar refractivity (Wildman–Crippen MR) is 84.1 cm³/mol. The fourth-order valence-corrected chi connectivity index (χ4v) is 1.81. The molecule has 1 aromatic carbocycles. The average molecular weight is 307 g/mol. The smallest absolute Gasteiger partial charge is 0.407 e. The highest BCUT2D eigenvalue weighted by Gasteiger charge is 2.15. The van der Waals surface area contributed by atoms with Crippen molar-refractivity contribution in [3.8, 4) is 6.07 Å². The summed E-state index contributed by atoms with van der Waals surface area (Å²) in [5.41, 5.74) is 0.888. The zero-order valence-electron chi connectivity index (χ0n) is 12.4. The topological polar surface area (TPSA) is 62.1 Å². The van der Waals surface area contributed by atoms with Gasteiger partial charge in [0, 0.05) is 11.6 Å². The van der Waals surface area contributed by atoms with Crippen molar-refractivity contribution in [1.82, 2.24) is 5.32 Å². The molecule has 0 unspecified atom stereocenters. The van der Waals surface area contributed by atoms with E-state index in [1.807, 2.05) is 32.9 Å². The molecule has 21 heavy (non-hydrogen) atoms. The molecule has 1 rings (SSSR count). The van der Waals surface area contributed by atoms with Crippen molar-refractivity contribution in [2.24, 2.45) is 0 Å². The van der Waals surface area contributed by atoms with Crippen molar-refractivity contribution >= 4 is 23.8 Å². The number of amides is 1. The maximum Gasteiger partial charge on any atom is 0.407 e. The first-order valence-electron chi connectivity index (χ1n) is 6.64. The fraction of sp³-hybridized carbons (Fsp3) is 0.375. The average Bonchev–Trinajstić information content (AvgIpc) is 2.35. The monoisotopic (exact) mass is 306 g/mol. The Kier molecular flexibility index (Phi) is 6.26. The van der Waals surface area contributed by atoms with E-state index in [1.54, 1.807) is 18.2 Å². The summed E-state index contributed by atoms with van der Waals surface area (Å²) in [5.74, 6) is 0. The molecule has 0 bridgehead atoms. The Labute approximate surface area is 130 Å². The lowest BCUT2D eigenvalue weighted by Crippen LogP contribution is -2.32. The molecule has 0 aliphatic carbocycles. The van der Waals surface area contributed by atoms with Gasteiger partial charge < -0.3 is 10.1 Å². The minimum Gasteiger partial charge on any atom is -0.444 e. The Balaban J connectivity index is 2.41. The van der Waals surface area contributed by atoms with Crippen LogP contribution in [0.2, 0.25) is 5.02 Å². The Morgan fingerprint density at radius 1 is 1.43 bits per heavy atom. The molecular formula is C16H19ClN2O2. The summed E-state index contributed by atoms with van der Waals surface area (Å²) in [4.78, 5) is 11.4. The van der Waals surface area contributed by atoms with Crippen LogP contribution in [0.15, 0.2) is 24.3 Å². The maximum absolute atomic E-state index is 11.4. The number of halogens is 1. The third kappa shape index (κ3) is 7.38. The van der Waals surface area contributed by atoms with Crippen molar-refractivity contribution in [3.63, 3.8) is 0 Å². The summed E-state index contributed by atoms with van der Waals surface area (Å²) in [6, 6.07) is 7.20. The second kappa shape index (κ2) is 7.70. The van der Waals surface area contributed by atoms with Crippen LogP contribution >= 0.6 is 11.6 Å². The van der Waals surface area contributed by atoms with Crippen molar-refractivity contribution in [2.45, 2.75) is 32.8 Å². The first-order chi connectivity index (χ1) is 9.80. The van der Waals surface area contributed by atoms with E-state index < -0.39 is 11.7 Å². The quantitative estimate of drug-likeness (QED) is 0.850. The minimum atomic E-state index is -0.492. The van der Waals surface area contributed by atoms with Gasteiger partial charge in [-0.05, 0) is 51.0 Å². The molecule has 0 radical (unpaired) electrons. The van der Waals surface area contributed by atoms with Crippen LogP contribution in [0.5, 0.6) is 0 Å².